The standard InChI is InChI=1S/C25H22ClN3O4S/c26-24-11-10-22(16-23(24)25(30)33-18-20-7-5-4-6-19(20)17-27)34(31,32)29-14-12-28(13-15-29)21-8-2-1-3-9-21/h1-11,16H,12-15,18H2. The highest BCUT2D eigenvalue weighted by molar-refractivity contribution is 7.89. The maximum absolute atomic E-state index is 13.3. The summed E-state index contributed by atoms with van der Waals surface area (Å²) in [6.07, 6.45) is 0. The molecule has 0 bridgehead atoms. The zero-order chi connectivity index (χ0) is 24.1. The molecule has 0 radical (unpaired) electrons. The molecule has 0 N–H and O–H groups in total. The second-order valence-corrected chi connectivity index (χ2v) is 10.1. The summed E-state index contributed by atoms with van der Waals surface area (Å²) in [6.45, 7) is 1.64. The van der Waals surface area contributed by atoms with Crippen molar-refractivity contribution in [3.63, 3.8) is 0 Å². The first kappa shape index (κ1) is 23.8. The number of nitriles is 1. The number of halogens is 1. The van der Waals surface area contributed by atoms with Gasteiger partial charge in [0, 0.05) is 37.4 Å². The average Bonchev–Trinajstić information content (AvgIpc) is 2.88. The molecule has 3 aromatic carbocycles. The number of piperazine rings is 1. The lowest BCUT2D eigenvalue weighted by Gasteiger charge is -2.35. The minimum absolute atomic E-state index is 0.0190. The van der Waals surface area contributed by atoms with Crippen molar-refractivity contribution >= 4 is 33.3 Å². The smallest absolute Gasteiger partial charge is 0.340 e. The lowest BCUT2D eigenvalue weighted by molar-refractivity contribution is 0.0472. The number of sulfonamides is 1. The van der Waals surface area contributed by atoms with Gasteiger partial charge in [0.25, 0.3) is 0 Å². The van der Waals surface area contributed by atoms with Crippen LogP contribution in [-0.4, -0.2) is 44.9 Å². The number of nitrogens with zero attached hydrogens (tertiary/aromatic N) is 3. The predicted octanol–water partition coefficient (Wildman–Crippen LogP) is 4.08. The number of carbonyl (C=O) groups is 1. The van der Waals surface area contributed by atoms with E-state index in [1.54, 1.807) is 24.3 Å². The molecular formula is C25H22ClN3O4S. The van der Waals surface area contributed by atoms with Crippen LogP contribution in [0.2, 0.25) is 5.02 Å². The number of hydrogen-bond donors (Lipinski definition) is 0. The Bertz CT molecular complexity index is 1330. The summed E-state index contributed by atoms with van der Waals surface area (Å²) in [5.41, 5.74) is 1.95. The average molecular weight is 496 g/mol. The number of benzene rings is 3. The van der Waals surface area contributed by atoms with E-state index in [1.807, 2.05) is 36.4 Å². The molecule has 0 atom stereocenters. The molecule has 1 aliphatic heterocycles. The number of esters is 1. The van der Waals surface area contributed by atoms with Crippen LogP contribution < -0.4 is 4.90 Å². The number of anilines is 1. The monoisotopic (exact) mass is 495 g/mol. The number of para-hydroxylation sites is 1. The number of carbonyl (C=O) groups excluding carboxylic acids is 1. The van der Waals surface area contributed by atoms with Gasteiger partial charge in [0.2, 0.25) is 10.0 Å². The van der Waals surface area contributed by atoms with Gasteiger partial charge in [-0.1, -0.05) is 48.0 Å². The quantitative estimate of drug-likeness (QED) is 0.478. The Hall–Kier alpha value is -3.38. The number of rotatable bonds is 6. The lowest BCUT2D eigenvalue weighted by Crippen LogP contribution is -2.48. The first-order valence-corrected chi connectivity index (χ1v) is 12.5. The van der Waals surface area contributed by atoms with Gasteiger partial charge in [-0.25, -0.2) is 13.2 Å². The van der Waals surface area contributed by atoms with Crippen molar-refractivity contribution in [2.75, 3.05) is 31.1 Å². The molecule has 3 aromatic rings. The van der Waals surface area contributed by atoms with E-state index in [9.17, 15) is 18.5 Å². The van der Waals surface area contributed by atoms with Crippen LogP contribution >= 0.6 is 11.6 Å². The highest BCUT2D eigenvalue weighted by Crippen LogP contribution is 2.26. The molecular weight excluding hydrogens is 474 g/mol. The molecule has 34 heavy (non-hydrogen) atoms. The molecule has 0 aliphatic carbocycles. The fourth-order valence-electron chi connectivity index (χ4n) is 3.77. The molecule has 1 heterocycles. The van der Waals surface area contributed by atoms with Gasteiger partial charge in [0.1, 0.15) is 6.61 Å². The third-order valence-electron chi connectivity index (χ3n) is 5.65. The molecule has 174 valence electrons. The van der Waals surface area contributed by atoms with Crippen molar-refractivity contribution < 1.29 is 17.9 Å². The van der Waals surface area contributed by atoms with Gasteiger partial charge in [-0.3, -0.25) is 0 Å². The summed E-state index contributed by atoms with van der Waals surface area (Å²) < 4.78 is 33.2. The van der Waals surface area contributed by atoms with Crippen molar-refractivity contribution in [3.05, 3.63) is 94.5 Å². The molecule has 0 unspecified atom stereocenters. The van der Waals surface area contributed by atoms with Gasteiger partial charge in [0.15, 0.2) is 0 Å². The van der Waals surface area contributed by atoms with E-state index in [1.165, 1.54) is 22.5 Å². The SMILES string of the molecule is N#Cc1ccccc1COC(=O)c1cc(S(=O)(=O)N2CCN(c3ccccc3)CC2)ccc1Cl. The zero-order valence-corrected chi connectivity index (χ0v) is 19.8. The maximum Gasteiger partial charge on any atom is 0.340 e. The van der Waals surface area contributed by atoms with Crippen LogP contribution in [-0.2, 0) is 21.4 Å². The summed E-state index contributed by atoms with van der Waals surface area (Å²) in [4.78, 5) is 14.8. The summed E-state index contributed by atoms with van der Waals surface area (Å²) in [6, 6.07) is 22.7. The van der Waals surface area contributed by atoms with E-state index in [0.29, 0.717) is 37.3 Å². The van der Waals surface area contributed by atoms with Gasteiger partial charge in [-0.15, -0.1) is 0 Å². The second-order valence-electron chi connectivity index (χ2n) is 7.71. The zero-order valence-electron chi connectivity index (χ0n) is 18.2. The predicted molar refractivity (Wildman–Crippen MR) is 129 cm³/mol. The molecule has 1 aliphatic rings. The highest BCUT2D eigenvalue weighted by atomic mass is 35.5. The number of ether oxygens (including phenoxy) is 1. The molecule has 0 aromatic heterocycles. The van der Waals surface area contributed by atoms with E-state index in [2.05, 4.69) is 4.90 Å². The van der Waals surface area contributed by atoms with Crippen molar-refractivity contribution in [2.45, 2.75) is 11.5 Å². The Morgan fingerprint density at radius 3 is 2.35 bits per heavy atom. The van der Waals surface area contributed by atoms with Gasteiger partial charge < -0.3 is 9.64 Å². The second kappa shape index (κ2) is 10.3. The Labute approximate surface area is 203 Å². The van der Waals surface area contributed by atoms with E-state index < -0.39 is 16.0 Å². The van der Waals surface area contributed by atoms with Crippen molar-refractivity contribution in [2.24, 2.45) is 0 Å². The van der Waals surface area contributed by atoms with Crippen LogP contribution in [0.1, 0.15) is 21.5 Å². The van der Waals surface area contributed by atoms with Crippen LogP contribution in [0.4, 0.5) is 5.69 Å². The summed E-state index contributed by atoms with van der Waals surface area (Å²) >= 11 is 6.19. The maximum atomic E-state index is 13.3. The third-order valence-corrected chi connectivity index (χ3v) is 7.88. The molecule has 0 saturated carbocycles. The fraction of sp³-hybridized carbons (Fsp3) is 0.200. The van der Waals surface area contributed by atoms with E-state index >= 15 is 0 Å². The first-order chi connectivity index (χ1) is 16.4. The van der Waals surface area contributed by atoms with Crippen LogP contribution in [0.25, 0.3) is 0 Å². The Morgan fingerprint density at radius 1 is 0.971 bits per heavy atom. The number of hydrogen-bond acceptors (Lipinski definition) is 6. The first-order valence-electron chi connectivity index (χ1n) is 10.6. The molecule has 1 saturated heterocycles. The van der Waals surface area contributed by atoms with Crippen molar-refractivity contribution in [3.8, 4) is 6.07 Å². The van der Waals surface area contributed by atoms with E-state index in [-0.39, 0.29) is 22.1 Å². The molecule has 4 rings (SSSR count). The summed E-state index contributed by atoms with van der Waals surface area (Å²) in [5.74, 6) is -0.760. The van der Waals surface area contributed by atoms with Gasteiger partial charge in [-0.2, -0.15) is 9.57 Å². The lowest BCUT2D eigenvalue weighted by atomic mass is 10.1. The van der Waals surface area contributed by atoms with Gasteiger partial charge in [0.05, 0.1) is 27.1 Å². The van der Waals surface area contributed by atoms with Gasteiger partial charge >= 0.3 is 5.97 Å². The highest BCUT2D eigenvalue weighted by Gasteiger charge is 2.30. The van der Waals surface area contributed by atoms with Crippen LogP contribution in [0.5, 0.6) is 0 Å². The minimum atomic E-state index is -3.82. The Kier molecular flexibility index (Phi) is 7.17. The van der Waals surface area contributed by atoms with Crippen molar-refractivity contribution in [1.82, 2.24) is 4.31 Å². The van der Waals surface area contributed by atoms with E-state index in [4.69, 9.17) is 16.3 Å². The summed E-state index contributed by atoms with van der Waals surface area (Å²) in [7, 11) is -3.82. The van der Waals surface area contributed by atoms with Crippen LogP contribution in [0, 0.1) is 11.3 Å². The summed E-state index contributed by atoms with van der Waals surface area (Å²) in [5, 5.41) is 9.28. The van der Waals surface area contributed by atoms with Crippen molar-refractivity contribution in [1.29, 1.82) is 5.26 Å². The third kappa shape index (κ3) is 5.07. The molecule has 7 nitrogen and oxygen atoms in total. The Morgan fingerprint density at radius 2 is 1.65 bits per heavy atom. The topological polar surface area (TPSA) is 90.7 Å². The van der Waals surface area contributed by atoms with Gasteiger partial charge in [-0.05, 0) is 36.4 Å². The molecule has 9 heteroatoms. The fourth-order valence-corrected chi connectivity index (χ4v) is 5.42. The molecule has 1 fully saturated rings. The molecule has 0 spiro atoms. The Balaban J connectivity index is 1.47. The minimum Gasteiger partial charge on any atom is -0.457 e. The largest absolute Gasteiger partial charge is 0.457 e. The molecule has 0 amide bonds. The normalized spacial score (nSPS) is 14.4. The van der Waals surface area contributed by atoms with E-state index in [0.717, 1.165) is 5.69 Å². The van der Waals surface area contributed by atoms with Crippen LogP contribution in [0.15, 0.2) is 77.7 Å². The van der Waals surface area contributed by atoms with Crippen LogP contribution in [0.3, 0.4) is 0 Å².